The maximum absolute atomic E-state index is 10.1. The molecule has 0 saturated heterocycles. The van der Waals surface area contributed by atoms with Crippen LogP contribution in [0.15, 0.2) is 0 Å². The molecule has 0 aromatic rings. The highest BCUT2D eigenvalue weighted by atomic mass is 16.4. The molecule has 0 heterocycles. The van der Waals surface area contributed by atoms with Gasteiger partial charge in [0.1, 0.15) is 0 Å². The molecule has 0 aliphatic heterocycles. The average molecular weight is 184 g/mol. The van der Waals surface area contributed by atoms with E-state index in [2.05, 4.69) is 5.32 Å². The Bertz CT molecular complexity index is 175. The van der Waals surface area contributed by atoms with Gasteiger partial charge in [-0.05, 0) is 19.4 Å². The predicted molar refractivity (Wildman–Crippen MR) is 49.2 cm³/mol. The van der Waals surface area contributed by atoms with Crippen molar-refractivity contribution in [3.8, 4) is 6.07 Å². The van der Waals surface area contributed by atoms with E-state index < -0.39 is 5.97 Å². The zero-order chi connectivity index (χ0) is 9.94. The van der Waals surface area contributed by atoms with Gasteiger partial charge in [0.05, 0.1) is 6.07 Å². The number of hydrogen-bond acceptors (Lipinski definition) is 3. The minimum Gasteiger partial charge on any atom is -0.481 e. The Balaban J connectivity index is 2.92. The average Bonchev–Trinajstić information content (AvgIpc) is 2.09. The third kappa shape index (κ3) is 10.9. The lowest BCUT2D eigenvalue weighted by Crippen LogP contribution is -2.16. The summed E-state index contributed by atoms with van der Waals surface area (Å²) in [5, 5.41) is 19.7. The fourth-order valence-corrected chi connectivity index (χ4v) is 0.972. The number of nitrogens with one attached hydrogen (secondary N) is 1. The fraction of sp³-hybridized carbons (Fsp3) is 0.778. The van der Waals surface area contributed by atoms with E-state index in [0.29, 0.717) is 6.42 Å². The van der Waals surface area contributed by atoms with Crippen LogP contribution in [0.5, 0.6) is 0 Å². The van der Waals surface area contributed by atoms with Crippen molar-refractivity contribution in [2.24, 2.45) is 0 Å². The van der Waals surface area contributed by atoms with Crippen LogP contribution >= 0.6 is 0 Å². The normalized spacial score (nSPS) is 9.46. The molecule has 0 aliphatic rings. The van der Waals surface area contributed by atoms with Crippen LogP contribution in [0.25, 0.3) is 0 Å². The van der Waals surface area contributed by atoms with Gasteiger partial charge in [0.25, 0.3) is 0 Å². The molecule has 13 heavy (non-hydrogen) atoms. The number of aliphatic carboxylic acids is 1. The maximum Gasteiger partial charge on any atom is 0.303 e. The molecule has 0 radical (unpaired) electrons. The predicted octanol–water partition coefficient (Wildman–Crippen LogP) is 1.13. The molecule has 2 N–H and O–H groups in total. The first-order valence-electron chi connectivity index (χ1n) is 4.57. The van der Waals surface area contributed by atoms with Gasteiger partial charge in [0.15, 0.2) is 0 Å². The van der Waals surface area contributed by atoms with Crippen molar-refractivity contribution in [1.29, 1.82) is 5.26 Å². The van der Waals surface area contributed by atoms with Crippen LogP contribution in [0.2, 0.25) is 0 Å². The van der Waals surface area contributed by atoms with Gasteiger partial charge in [-0.1, -0.05) is 6.42 Å². The van der Waals surface area contributed by atoms with Crippen LogP contribution in [0, 0.1) is 11.3 Å². The Morgan fingerprint density at radius 1 is 1.31 bits per heavy atom. The van der Waals surface area contributed by atoms with E-state index in [9.17, 15) is 4.79 Å². The van der Waals surface area contributed by atoms with Crippen molar-refractivity contribution in [3.05, 3.63) is 0 Å². The Labute approximate surface area is 78.6 Å². The van der Waals surface area contributed by atoms with E-state index >= 15 is 0 Å². The molecule has 0 unspecified atom stereocenters. The maximum atomic E-state index is 10.1. The van der Waals surface area contributed by atoms with Crippen LogP contribution in [-0.4, -0.2) is 24.2 Å². The van der Waals surface area contributed by atoms with Gasteiger partial charge in [0, 0.05) is 19.4 Å². The minimum absolute atomic E-state index is 0.262. The highest BCUT2D eigenvalue weighted by molar-refractivity contribution is 5.66. The third-order valence-electron chi connectivity index (χ3n) is 1.66. The van der Waals surface area contributed by atoms with Gasteiger partial charge in [-0.25, -0.2) is 0 Å². The zero-order valence-electron chi connectivity index (χ0n) is 7.75. The summed E-state index contributed by atoms with van der Waals surface area (Å²) in [5.74, 6) is -0.725. The van der Waals surface area contributed by atoms with E-state index in [-0.39, 0.29) is 6.42 Å². The van der Waals surface area contributed by atoms with Crippen molar-refractivity contribution < 1.29 is 9.90 Å². The number of carboxylic acid groups (broad SMARTS) is 1. The highest BCUT2D eigenvalue weighted by Crippen LogP contribution is 1.98. The number of carboxylic acids is 1. The molecule has 0 spiro atoms. The van der Waals surface area contributed by atoms with Gasteiger partial charge in [-0.2, -0.15) is 5.26 Å². The molecular formula is C9H16N2O2. The highest BCUT2D eigenvalue weighted by Gasteiger charge is 1.95. The lowest BCUT2D eigenvalue weighted by molar-refractivity contribution is -0.137. The fourth-order valence-electron chi connectivity index (χ4n) is 0.972. The first-order chi connectivity index (χ1) is 6.27. The van der Waals surface area contributed by atoms with Crippen molar-refractivity contribution >= 4 is 5.97 Å². The minimum atomic E-state index is -0.725. The van der Waals surface area contributed by atoms with Crippen LogP contribution in [0.4, 0.5) is 0 Å². The number of rotatable bonds is 8. The summed E-state index contributed by atoms with van der Waals surface area (Å²) in [5.41, 5.74) is 0. The van der Waals surface area contributed by atoms with E-state index in [4.69, 9.17) is 10.4 Å². The summed E-state index contributed by atoms with van der Waals surface area (Å²) in [6.07, 6.45) is 3.47. The first-order valence-corrected chi connectivity index (χ1v) is 4.57. The van der Waals surface area contributed by atoms with Crippen LogP contribution in [-0.2, 0) is 4.79 Å². The molecule has 0 atom stereocenters. The van der Waals surface area contributed by atoms with E-state index in [0.717, 1.165) is 32.4 Å². The summed E-state index contributed by atoms with van der Waals surface area (Å²) in [6, 6.07) is 2.04. The van der Waals surface area contributed by atoms with Crippen molar-refractivity contribution in [2.45, 2.75) is 32.1 Å². The van der Waals surface area contributed by atoms with E-state index in [1.807, 2.05) is 6.07 Å². The summed E-state index contributed by atoms with van der Waals surface area (Å²) in [7, 11) is 0. The second-order valence-corrected chi connectivity index (χ2v) is 2.86. The van der Waals surface area contributed by atoms with Crippen LogP contribution in [0.3, 0.4) is 0 Å². The van der Waals surface area contributed by atoms with Crippen LogP contribution < -0.4 is 5.32 Å². The SMILES string of the molecule is N#CCCNCCCCCC(=O)O. The second kappa shape index (κ2) is 9.01. The summed E-state index contributed by atoms with van der Waals surface area (Å²) in [6.45, 7) is 1.61. The van der Waals surface area contributed by atoms with Crippen molar-refractivity contribution in [3.63, 3.8) is 0 Å². The molecule has 74 valence electrons. The lowest BCUT2D eigenvalue weighted by atomic mass is 10.2. The summed E-state index contributed by atoms with van der Waals surface area (Å²) in [4.78, 5) is 10.1. The van der Waals surface area contributed by atoms with Gasteiger partial charge in [-0.15, -0.1) is 0 Å². The largest absolute Gasteiger partial charge is 0.481 e. The van der Waals surface area contributed by atoms with Crippen LogP contribution in [0.1, 0.15) is 32.1 Å². The van der Waals surface area contributed by atoms with Crippen molar-refractivity contribution in [1.82, 2.24) is 5.32 Å². The Morgan fingerprint density at radius 2 is 2.08 bits per heavy atom. The molecule has 4 heteroatoms. The number of nitriles is 1. The molecule has 0 saturated carbocycles. The monoisotopic (exact) mass is 184 g/mol. The molecule has 0 aromatic carbocycles. The molecule has 0 bridgehead atoms. The Kier molecular flexibility index (Phi) is 8.26. The number of carbonyl (C=O) groups is 1. The molecule has 0 amide bonds. The van der Waals surface area contributed by atoms with E-state index in [1.54, 1.807) is 0 Å². The second-order valence-electron chi connectivity index (χ2n) is 2.86. The molecule has 0 fully saturated rings. The molecular weight excluding hydrogens is 168 g/mol. The Morgan fingerprint density at radius 3 is 2.69 bits per heavy atom. The standard InChI is InChI=1S/C9H16N2O2/c10-6-4-8-11-7-3-1-2-5-9(12)13/h11H,1-5,7-8H2,(H,12,13). The molecule has 0 aliphatic carbocycles. The van der Waals surface area contributed by atoms with Gasteiger partial charge in [0.2, 0.25) is 0 Å². The Hall–Kier alpha value is -1.08. The zero-order valence-corrected chi connectivity index (χ0v) is 7.75. The van der Waals surface area contributed by atoms with Crippen molar-refractivity contribution in [2.75, 3.05) is 13.1 Å². The van der Waals surface area contributed by atoms with Gasteiger partial charge in [-0.3, -0.25) is 4.79 Å². The number of unbranched alkanes of at least 4 members (excludes halogenated alkanes) is 2. The molecule has 0 aromatic heterocycles. The lowest BCUT2D eigenvalue weighted by Gasteiger charge is -2.00. The quantitative estimate of drug-likeness (QED) is 0.555. The molecule has 4 nitrogen and oxygen atoms in total. The topological polar surface area (TPSA) is 73.1 Å². The number of hydrogen-bond donors (Lipinski definition) is 2. The smallest absolute Gasteiger partial charge is 0.303 e. The van der Waals surface area contributed by atoms with Gasteiger partial charge < -0.3 is 10.4 Å². The third-order valence-corrected chi connectivity index (χ3v) is 1.66. The first kappa shape index (κ1) is 11.9. The van der Waals surface area contributed by atoms with Gasteiger partial charge >= 0.3 is 5.97 Å². The van der Waals surface area contributed by atoms with E-state index in [1.165, 1.54) is 0 Å². The summed E-state index contributed by atoms with van der Waals surface area (Å²) >= 11 is 0. The summed E-state index contributed by atoms with van der Waals surface area (Å²) < 4.78 is 0. The number of nitrogens with zero attached hydrogens (tertiary/aromatic N) is 1. The molecule has 0 rings (SSSR count).